The van der Waals surface area contributed by atoms with Gasteiger partial charge in [0.1, 0.15) is 11.3 Å². The maximum absolute atomic E-state index is 12.7. The van der Waals surface area contributed by atoms with Gasteiger partial charge in [0.2, 0.25) is 11.7 Å². The zero-order valence-corrected chi connectivity index (χ0v) is 19.1. The topological polar surface area (TPSA) is 129 Å². The summed E-state index contributed by atoms with van der Waals surface area (Å²) in [5.74, 6) is -2.35. The van der Waals surface area contributed by atoms with Gasteiger partial charge in [-0.15, -0.1) is 0 Å². The van der Waals surface area contributed by atoms with Crippen LogP contribution in [0.3, 0.4) is 0 Å². The normalized spacial score (nSPS) is 18.8. The number of primary amides is 2. The quantitative estimate of drug-likeness (QED) is 0.581. The van der Waals surface area contributed by atoms with Crippen molar-refractivity contribution >= 4 is 17.6 Å². The molecular formula is C26H28N4O4. The number of aromatic nitrogens is 1. The highest BCUT2D eigenvalue weighted by Crippen LogP contribution is 2.32. The maximum atomic E-state index is 12.7. The number of benzene rings is 1. The van der Waals surface area contributed by atoms with E-state index in [0.717, 1.165) is 31.5 Å². The molecule has 2 heterocycles. The van der Waals surface area contributed by atoms with E-state index in [1.54, 1.807) is 0 Å². The second-order valence-corrected chi connectivity index (χ2v) is 8.81. The van der Waals surface area contributed by atoms with Gasteiger partial charge in [-0.3, -0.25) is 14.4 Å². The van der Waals surface area contributed by atoms with Crippen LogP contribution in [0.1, 0.15) is 40.4 Å². The second kappa shape index (κ2) is 10.0. The summed E-state index contributed by atoms with van der Waals surface area (Å²) < 4.78 is 6.04. The second-order valence-electron chi connectivity index (χ2n) is 8.81. The first-order valence-corrected chi connectivity index (χ1v) is 11.3. The molecule has 1 aliphatic carbocycles. The number of hydrogen-bond acceptors (Lipinski definition) is 6. The van der Waals surface area contributed by atoms with E-state index in [9.17, 15) is 14.4 Å². The third kappa shape index (κ3) is 5.23. The number of hydrogen-bond donors (Lipinski definition) is 2. The molecule has 0 radical (unpaired) electrons. The number of Topliss-reactive ketones (excluding diaryl/α,β-unsaturated/α-hetero) is 1. The highest BCUT2D eigenvalue weighted by Gasteiger charge is 2.29. The molecule has 2 unspecified atom stereocenters. The molecular weight excluding hydrogens is 432 g/mol. The third-order valence-electron chi connectivity index (χ3n) is 6.33. The van der Waals surface area contributed by atoms with E-state index in [1.807, 2.05) is 42.5 Å². The smallest absolute Gasteiger partial charge is 0.285 e. The van der Waals surface area contributed by atoms with Crippen molar-refractivity contribution in [2.75, 3.05) is 20.1 Å². The predicted octanol–water partition coefficient (Wildman–Crippen LogP) is 2.11. The number of fused-ring (bicyclic) bond motifs is 1. The van der Waals surface area contributed by atoms with Crippen molar-refractivity contribution in [1.82, 2.24) is 9.88 Å². The lowest BCUT2D eigenvalue weighted by atomic mass is 9.85. The average Bonchev–Trinajstić information content (AvgIpc) is 2.82. The summed E-state index contributed by atoms with van der Waals surface area (Å²) >= 11 is 0. The van der Waals surface area contributed by atoms with Gasteiger partial charge < -0.3 is 21.1 Å². The fraction of sp³-hybridized carbons (Fsp3) is 0.308. The zero-order chi connectivity index (χ0) is 24.2. The van der Waals surface area contributed by atoms with Gasteiger partial charge in [-0.25, -0.2) is 4.98 Å². The molecule has 0 spiro atoms. The largest absolute Gasteiger partial charge is 0.439 e. The number of likely N-dealkylation sites (tertiary alicyclic amines) is 1. The first kappa shape index (κ1) is 23.4. The van der Waals surface area contributed by atoms with Crippen LogP contribution in [0.25, 0.3) is 0 Å². The molecule has 1 fully saturated rings. The molecule has 1 aromatic carbocycles. The summed E-state index contributed by atoms with van der Waals surface area (Å²) in [5.41, 5.74) is 13.4. The number of pyridine rings is 1. The number of likely N-dealkylation sites (N-methyl/N-ethyl adjacent to an activating group) is 1. The molecule has 0 saturated carbocycles. The van der Waals surface area contributed by atoms with Gasteiger partial charge in [-0.05, 0) is 74.2 Å². The highest BCUT2D eigenvalue weighted by molar-refractivity contribution is 6.37. The van der Waals surface area contributed by atoms with Gasteiger partial charge in [0.25, 0.3) is 11.8 Å². The molecule has 4 N–H and O–H groups in total. The number of allylic oxidation sites excluding steroid dienone is 2. The zero-order valence-electron chi connectivity index (χ0n) is 19.1. The van der Waals surface area contributed by atoms with Crippen LogP contribution >= 0.6 is 0 Å². The summed E-state index contributed by atoms with van der Waals surface area (Å²) in [7, 11) is 2.08. The van der Waals surface area contributed by atoms with E-state index in [1.165, 1.54) is 17.7 Å². The Morgan fingerprint density at radius 3 is 2.62 bits per heavy atom. The summed E-state index contributed by atoms with van der Waals surface area (Å²) in [6.45, 7) is 1.91. The maximum Gasteiger partial charge on any atom is 0.285 e. The SMILES string of the molecule is CN1CCC2CC=C(Oc3nc(C(Cc4ccccc4)C(=O)C(N)=O)ccc3C(N)=O)C=C2C1. The van der Waals surface area contributed by atoms with Crippen LogP contribution in [0.5, 0.6) is 5.88 Å². The number of amides is 2. The third-order valence-corrected chi connectivity index (χ3v) is 6.33. The van der Waals surface area contributed by atoms with E-state index in [4.69, 9.17) is 16.2 Å². The minimum absolute atomic E-state index is 0.00560. The van der Waals surface area contributed by atoms with E-state index in [2.05, 4.69) is 16.9 Å². The first-order valence-electron chi connectivity index (χ1n) is 11.3. The van der Waals surface area contributed by atoms with E-state index < -0.39 is 23.5 Å². The van der Waals surface area contributed by atoms with Crippen molar-refractivity contribution in [3.05, 3.63) is 82.8 Å². The Balaban J connectivity index is 1.67. The van der Waals surface area contributed by atoms with Crippen molar-refractivity contribution < 1.29 is 19.1 Å². The molecule has 2 atom stereocenters. The summed E-state index contributed by atoms with van der Waals surface area (Å²) in [6, 6.07) is 12.2. The number of carbonyl (C=O) groups excluding carboxylic acids is 3. The van der Waals surface area contributed by atoms with Gasteiger partial charge >= 0.3 is 0 Å². The van der Waals surface area contributed by atoms with Crippen molar-refractivity contribution in [2.45, 2.75) is 25.2 Å². The molecule has 8 nitrogen and oxygen atoms in total. The molecule has 4 rings (SSSR count). The van der Waals surface area contributed by atoms with Crippen LogP contribution in [0, 0.1) is 5.92 Å². The Kier molecular flexibility index (Phi) is 6.88. The van der Waals surface area contributed by atoms with Crippen molar-refractivity contribution in [3.63, 3.8) is 0 Å². The van der Waals surface area contributed by atoms with Gasteiger partial charge in [0, 0.05) is 6.54 Å². The first-order chi connectivity index (χ1) is 16.3. The lowest BCUT2D eigenvalue weighted by Crippen LogP contribution is -2.33. The number of piperidine rings is 1. The molecule has 2 amide bonds. The van der Waals surface area contributed by atoms with Gasteiger partial charge in [-0.2, -0.15) is 0 Å². The molecule has 2 aliphatic rings. The molecule has 1 aliphatic heterocycles. The van der Waals surface area contributed by atoms with Crippen LogP contribution in [0.2, 0.25) is 0 Å². The monoisotopic (exact) mass is 460 g/mol. The van der Waals surface area contributed by atoms with Crippen LogP contribution in [0.15, 0.2) is 65.9 Å². The van der Waals surface area contributed by atoms with Gasteiger partial charge in [0.15, 0.2) is 0 Å². The average molecular weight is 461 g/mol. The summed E-state index contributed by atoms with van der Waals surface area (Å²) in [4.78, 5) is 43.2. The number of nitrogens with zero attached hydrogens (tertiary/aromatic N) is 2. The van der Waals surface area contributed by atoms with E-state index in [-0.39, 0.29) is 23.6 Å². The lowest BCUT2D eigenvalue weighted by molar-refractivity contribution is -0.136. The Morgan fingerprint density at radius 1 is 1.15 bits per heavy atom. The molecule has 1 aromatic heterocycles. The number of nitrogens with two attached hydrogens (primary N) is 2. The fourth-order valence-corrected chi connectivity index (χ4v) is 4.46. The molecule has 176 valence electrons. The number of rotatable bonds is 8. The fourth-order valence-electron chi connectivity index (χ4n) is 4.46. The van der Waals surface area contributed by atoms with Gasteiger partial charge in [-0.1, -0.05) is 30.3 Å². The van der Waals surface area contributed by atoms with Crippen molar-refractivity contribution in [2.24, 2.45) is 17.4 Å². The van der Waals surface area contributed by atoms with Crippen LogP contribution in [0.4, 0.5) is 0 Å². The Bertz CT molecular complexity index is 1170. The van der Waals surface area contributed by atoms with E-state index in [0.29, 0.717) is 11.7 Å². The van der Waals surface area contributed by atoms with Crippen LogP contribution in [-0.2, 0) is 16.0 Å². The number of carbonyl (C=O) groups is 3. The standard InChI is InChI=1S/C26H28N4O4/c1-30-12-11-17-7-8-19(14-18(17)15-30)34-26-20(24(27)32)9-10-22(29-26)21(23(31)25(28)33)13-16-5-3-2-4-6-16/h2-6,8-10,14,17,21H,7,11-13,15H2,1H3,(H2,27,32)(H2,28,33). The van der Waals surface area contributed by atoms with Crippen molar-refractivity contribution in [1.29, 1.82) is 0 Å². The van der Waals surface area contributed by atoms with Crippen molar-refractivity contribution in [3.8, 4) is 5.88 Å². The Hall–Kier alpha value is -3.78. The molecule has 0 bridgehead atoms. The minimum atomic E-state index is -1.05. The lowest BCUT2D eigenvalue weighted by Gasteiger charge is -2.33. The Labute approximate surface area is 198 Å². The molecule has 8 heteroatoms. The summed E-state index contributed by atoms with van der Waals surface area (Å²) in [5, 5.41) is 0. The van der Waals surface area contributed by atoms with Crippen LogP contribution in [-0.4, -0.2) is 47.6 Å². The number of ether oxygens (including phenoxy) is 1. The number of ketones is 1. The molecule has 1 saturated heterocycles. The van der Waals surface area contributed by atoms with E-state index >= 15 is 0 Å². The molecule has 34 heavy (non-hydrogen) atoms. The predicted molar refractivity (Wildman–Crippen MR) is 127 cm³/mol. The van der Waals surface area contributed by atoms with Gasteiger partial charge in [0.05, 0.1) is 11.6 Å². The molecule has 2 aromatic rings. The highest BCUT2D eigenvalue weighted by atomic mass is 16.5. The Morgan fingerprint density at radius 2 is 1.91 bits per heavy atom. The van der Waals surface area contributed by atoms with Crippen LogP contribution < -0.4 is 16.2 Å². The minimum Gasteiger partial charge on any atom is -0.439 e. The summed E-state index contributed by atoms with van der Waals surface area (Å²) in [6.07, 6.45) is 6.12.